The fourth-order valence-electron chi connectivity index (χ4n) is 4.05. The number of nitrogens with zero attached hydrogens (tertiary/aromatic N) is 5. The van der Waals surface area contributed by atoms with Crippen LogP contribution in [0, 0.1) is 0 Å². The molecule has 8 nitrogen and oxygen atoms in total. The van der Waals surface area contributed by atoms with Gasteiger partial charge in [0.1, 0.15) is 0 Å². The lowest BCUT2D eigenvalue weighted by Gasteiger charge is -2.25. The average Bonchev–Trinajstić information content (AvgIpc) is 3.36. The molecule has 2 aliphatic heterocycles. The number of hydrogen-bond donors (Lipinski definition) is 0. The number of carbonyl (C=O) groups excluding carboxylic acids is 1. The molecule has 0 radical (unpaired) electrons. The Morgan fingerprint density at radius 3 is 2.81 bits per heavy atom. The van der Waals surface area contributed by atoms with Gasteiger partial charge in [0, 0.05) is 42.8 Å². The van der Waals surface area contributed by atoms with Crippen molar-refractivity contribution < 1.29 is 14.1 Å². The van der Waals surface area contributed by atoms with Crippen LogP contribution in [-0.4, -0.2) is 63.5 Å². The minimum Gasteiger partial charge on any atom is -0.379 e. The van der Waals surface area contributed by atoms with Gasteiger partial charge in [-0.1, -0.05) is 28.9 Å². The van der Waals surface area contributed by atoms with Gasteiger partial charge in [-0.25, -0.2) is 0 Å². The SMILES string of the molecule is O=C(c1cc(CN2CCOCC2)on1)N1CCCn2nc(-c3cccc(Cl)c3)cc2C1. The van der Waals surface area contributed by atoms with Crippen LogP contribution in [-0.2, 0) is 24.4 Å². The summed E-state index contributed by atoms with van der Waals surface area (Å²) in [5.74, 6) is 0.587. The zero-order valence-corrected chi connectivity index (χ0v) is 17.9. The van der Waals surface area contributed by atoms with E-state index in [0.717, 1.165) is 56.2 Å². The summed E-state index contributed by atoms with van der Waals surface area (Å²) in [4.78, 5) is 17.2. The minimum absolute atomic E-state index is 0.115. The van der Waals surface area contributed by atoms with Gasteiger partial charge in [-0.15, -0.1) is 0 Å². The Bertz CT molecular complexity index is 1070. The van der Waals surface area contributed by atoms with Crippen LogP contribution in [0.2, 0.25) is 5.02 Å². The van der Waals surface area contributed by atoms with E-state index in [9.17, 15) is 4.79 Å². The number of carbonyl (C=O) groups is 1. The number of ether oxygens (including phenoxy) is 1. The number of morpholine rings is 1. The van der Waals surface area contributed by atoms with Crippen LogP contribution in [0.4, 0.5) is 0 Å². The molecule has 0 spiro atoms. The van der Waals surface area contributed by atoms with Gasteiger partial charge in [-0.2, -0.15) is 5.10 Å². The molecule has 0 N–H and O–H groups in total. The fraction of sp³-hybridized carbons (Fsp3) is 0.409. The molecule has 2 aliphatic rings. The van der Waals surface area contributed by atoms with Crippen LogP contribution >= 0.6 is 11.6 Å². The van der Waals surface area contributed by atoms with Crippen LogP contribution in [0.5, 0.6) is 0 Å². The van der Waals surface area contributed by atoms with Gasteiger partial charge in [-0.3, -0.25) is 14.4 Å². The lowest BCUT2D eigenvalue weighted by atomic mass is 10.1. The predicted octanol–water partition coefficient (Wildman–Crippen LogP) is 3.07. The van der Waals surface area contributed by atoms with Crippen molar-refractivity contribution in [3.63, 3.8) is 0 Å². The van der Waals surface area contributed by atoms with E-state index in [1.165, 1.54) is 0 Å². The highest BCUT2D eigenvalue weighted by Gasteiger charge is 2.25. The lowest BCUT2D eigenvalue weighted by molar-refractivity contribution is 0.0305. The second-order valence-electron chi connectivity index (χ2n) is 7.90. The first-order valence-corrected chi connectivity index (χ1v) is 10.9. The van der Waals surface area contributed by atoms with E-state index in [0.29, 0.717) is 36.1 Å². The second kappa shape index (κ2) is 8.82. The van der Waals surface area contributed by atoms with Crippen LogP contribution in [0.3, 0.4) is 0 Å². The maximum Gasteiger partial charge on any atom is 0.276 e. The number of hydrogen-bond acceptors (Lipinski definition) is 6. The van der Waals surface area contributed by atoms with Crippen LogP contribution in [0.25, 0.3) is 11.3 Å². The van der Waals surface area contributed by atoms with Crippen molar-refractivity contribution in [1.29, 1.82) is 0 Å². The van der Waals surface area contributed by atoms with E-state index in [1.54, 1.807) is 6.07 Å². The molecule has 9 heteroatoms. The monoisotopic (exact) mass is 441 g/mol. The number of aryl methyl sites for hydroxylation is 1. The molecular weight excluding hydrogens is 418 g/mol. The standard InChI is InChI=1S/C22H24ClN5O3/c23-17-4-1-3-16(11-17)20-12-18-14-27(5-2-6-28(18)24-20)22(29)21-13-19(31-25-21)15-26-7-9-30-10-8-26/h1,3-4,11-13H,2,5-10,14-15H2. The molecule has 0 unspecified atom stereocenters. The fourth-order valence-corrected chi connectivity index (χ4v) is 4.24. The minimum atomic E-state index is -0.115. The Kier molecular flexibility index (Phi) is 5.76. The van der Waals surface area contributed by atoms with Crippen molar-refractivity contribution in [3.05, 3.63) is 58.6 Å². The molecule has 2 aromatic heterocycles. The first kappa shape index (κ1) is 20.2. The Morgan fingerprint density at radius 1 is 1.10 bits per heavy atom. The van der Waals surface area contributed by atoms with Gasteiger partial charge < -0.3 is 14.2 Å². The van der Waals surface area contributed by atoms with E-state index in [1.807, 2.05) is 39.9 Å². The molecule has 0 bridgehead atoms. The molecule has 5 rings (SSSR count). The van der Waals surface area contributed by atoms with Crippen molar-refractivity contribution >= 4 is 17.5 Å². The number of halogens is 1. The van der Waals surface area contributed by atoms with Gasteiger partial charge in [-0.05, 0) is 24.6 Å². The molecule has 0 saturated carbocycles. The van der Waals surface area contributed by atoms with E-state index in [-0.39, 0.29) is 5.91 Å². The Morgan fingerprint density at radius 2 is 1.97 bits per heavy atom. The zero-order chi connectivity index (χ0) is 21.2. The first-order chi connectivity index (χ1) is 15.2. The van der Waals surface area contributed by atoms with Crippen LogP contribution in [0.15, 0.2) is 40.9 Å². The van der Waals surface area contributed by atoms with Crippen LogP contribution in [0.1, 0.15) is 28.4 Å². The number of amides is 1. The first-order valence-electron chi connectivity index (χ1n) is 10.5. The second-order valence-corrected chi connectivity index (χ2v) is 8.34. The molecular formula is C22H24ClN5O3. The number of rotatable bonds is 4. The number of benzene rings is 1. The molecule has 1 saturated heterocycles. The van der Waals surface area contributed by atoms with E-state index in [4.69, 9.17) is 26.0 Å². The predicted molar refractivity (Wildman–Crippen MR) is 115 cm³/mol. The third kappa shape index (κ3) is 4.51. The molecule has 1 fully saturated rings. The summed E-state index contributed by atoms with van der Waals surface area (Å²) >= 11 is 6.13. The molecule has 3 aromatic rings. The van der Waals surface area contributed by atoms with Gasteiger partial charge in [0.25, 0.3) is 5.91 Å². The summed E-state index contributed by atoms with van der Waals surface area (Å²) in [5, 5.41) is 9.45. The van der Waals surface area contributed by atoms with Crippen molar-refractivity contribution in [2.75, 3.05) is 32.8 Å². The maximum atomic E-state index is 13.1. The molecule has 1 amide bonds. The third-order valence-electron chi connectivity index (χ3n) is 5.68. The van der Waals surface area contributed by atoms with Crippen molar-refractivity contribution in [2.45, 2.75) is 26.1 Å². The number of aromatic nitrogens is 3. The summed E-state index contributed by atoms with van der Waals surface area (Å²) in [6, 6.07) is 11.4. The Hall–Kier alpha value is -2.68. The Balaban J connectivity index is 1.30. The maximum absolute atomic E-state index is 13.1. The van der Waals surface area contributed by atoms with Crippen molar-refractivity contribution in [3.8, 4) is 11.3 Å². The van der Waals surface area contributed by atoms with Gasteiger partial charge in [0.2, 0.25) is 0 Å². The molecule has 0 aliphatic carbocycles. The summed E-state index contributed by atoms with van der Waals surface area (Å²) in [7, 11) is 0. The molecule has 0 atom stereocenters. The average molecular weight is 442 g/mol. The largest absolute Gasteiger partial charge is 0.379 e. The van der Waals surface area contributed by atoms with Crippen molar-refractivity contribution in [2.24, 2.45) is 0 Å². The number of fused-ring (bicyclic) bond motifs is 1. The highest BCUT2D eigenvalue weighted by molar-refractivity contribution is 6.30. The van der Waals surface area contributed by atoms with Gasteiger partial charge >= 0.3 is 0 Å². The van der Waals surface area contributed by atoms with E-state index < -0.39 is 0 Å². The summed E-state index contributed by atoms with van der Waals surface area (Å²) in [6.45, 7) is 5.69. The molecule has 31 heavy (non-hydrogen) atoms. The highest BCUT2D eigenvalue weighted by Crippen LogP contribution is 2.25. The van der Waals surface area contributed by atoms with E-state index in [2.05, 4.69) is 10.1 Å². The summed E-state index contributed by atoms with van der Waals surface area (Å²) < 4.78 is 12.8. The van der Waals surface area contributed by atoms with Crippen molar-refractivity contribution in [1.82, 2.24) is 24.7 Å². The molecule has 1 aromatic carbocycles. The topological polar surface area (TPSA) is 76.6 Å². The molecule has 162 valence electrons. The summed E-state index contributed by atoms with van der Waals surface area (Å²) in [6.07, 6.45) is 0.827. The smallest absolute Gasteiger partial charge is 0.276 e. The highest BCUT2D eigenvalue weighted by atomic mass is 35.5. The zero-order valence-electron chi connectivity index (χ0n) is 17.2. The quantitative estimate of drug-likeness (QED) is 0.619. The van der Waals surface area contributed by atoms with E-state index >= 15 is 0 Å². The van der Waals surface area contributed by atoms with Crippen LogP contribution < -0.4 is 0 Å². The molecule has 4 heterocycles. The third-order valence-corrected chi connectivity index (χ3v) is 5.92. The van der Waals surface area contributed by atoms with Gasteiger partial charge in [0.15, 0.2) is 11.5 Å². The lowest BCUT2D eigenvalue weighted by Crippen LogP contribution is -2.35. The Labute approximate surface area is 185 Å². The summed E-state index contributed by atoms with van der Waals surface area (Å²) in [5.41, 5.74) is 3.18. The van der Waals surface area contributed by atoms with Gasteiger partial charge in [0.05, 0.1) is 37.7 Å². The normalized spacial score (nSPS) is 17.4.